The van der Waals surface area contributed by atoms with E-state index in [0.717, 1.165) is 30.5 Å². The van der Waals surface area contributed by atoms with E-state index in [0.29, 0.717) is 24.5 Å². The minimum Gasteiger partial charge on any atom is -0.444 e. The van der Waals surface area contributed by atoms with Gasteiger partial charge in [-0.1, -0.05) is 6.07 Å². The van der Waals surface area contributed by atoms with E-state index in [9.17, 15) is 18.0 Å². The largest absolute Gasteiger partial charge is 0.444 e. The molecular weight excluding hydrogens is 458 g/mol. The number of aromatic nitrogens is 2. The summed E-state index contributed by atoms with van der Waals surface area (Å²) in [5.74, 6) is -0.0982. The second-order valence-electron chi connectivity index (χ2n) is 9.03. The van der Waals surface area contributed by atoms with Gasteiger partial charge in [0.05, 0.1) is 35.9 Å². The molecule has 2 aromatic rings. The highest BCUT2D eigenvalue weighted by Crippen LogP contribution is 2.39. The maximum atomic E-state index is 13.2. The van der Waals surface area contributed by atoms with Gasteiger partial charge >= 0.3 is 6.09 Å². The van der Waals surface area contributed by atoms with Gasteiger partial charge in [0.2, 0.25) is 5.91 Å². The summed E-state index contributed by atoms with van der Waals surface area (Å²) in [6.07, 6.45) is 5.80. The second kappa shape index (κ2) is 9.75. The van der Waals surface area contributed by atoms with Crippen LogP contribution in [0.5, 0.6) is 0 Å². The fourth-order valence-corrected chi connectivity index (χ4v) is 5.00. The predicted molar refractivity (Wildman–Crippen MR) is 130 cm³/mol. The Morgan fingerprint density at radius 2 is 2.03 bits per heavy atom. The number of amides is 2. The molecule has 1 saturated heterocycles. The number of fused-ring (bicyclic) bond motifs is 1. The molecule has 1 aromatic heterocycles. The lowest BCUT2D eigenvalue weighted by Gasteiger charge is -2.41. The van der Waals surface area contributed by atoms with Crippen molar-refractivity contribution in [1.82, 2.24) is 15.1 Å². The summed E-state index contributed by atoms with van der Waals surface area (Å²) in [4.78, 5) is 28.9. The number of sulfone groups is 1. The minimum atomic E-state index is -3.10. The van der Waals surface area contributed by atoms with Gasteiger partial charge in [-0.2, -0.15) is 5.10 Å². The van der Waals surface area contributed by atoms with Gasteiger partial charge in [-0.3, -0.25) is 14.4 Å². The summed E-state index contributed by atoms with van der Waals surface area (Å²) in [5, 5.41) is 7.52. The van der Waals surface area contributed by atoms with Gasteiger partial charge in [0.1, 0.15) is 15.9 Å². The molecule has 184 valence electrons. The smallest absolute Gasteiger partial charge is 0.414 e. The van der Waals surface area contributed by atoms with Crippen LogP contribution in [-0.2, 0) is 25.9 Å². The van der Waals surface area contributed by atoms with E-state index < -0.39 is 15.9 Å². The lowest BCUT2D eigenvalue weighted by molar-refractivity contribution is -0.117. The van der Waals surface area contributed by atoms with Gasteiger partial charge in [0, 0.05) is 38.0 Å². The van der Waals surface area contributed by atoms with Crippen molar-refractivity contribution in [3.63, 3.8) is 0 Å². The average Bonchev–Trinajstić information content (AvgIpc) is 3.26. The number of carbonyl (C=O) groups excluding carboxylic acids is 2. The molecule has 10 nitrogen and oxygen atoms in total. The molecule has 3 heterocycles. The topological polar surface area (TPSA) is 114 Å². The van der Waals surface area contributed by atoms with E-state index in [4.69, 9.17) is 4.74 Å². The Hall–Kier alpha value is -2.92. The van der Waals surface area contributed by atoms with Crippen LogP contribution in [0.1, 0.15) is 26.7 Å². The summed E-state index contributed by atoms with van der Waals surface area (Å²) in [6, 6.07) is 5.36. The summed E-state index contributed by atoms with van der Waals surface area (Å²) < 4.78 is 30.3. The van der Waals surface area contributed by atoms with Gasteiger partial charge < -0.3 is 15.0 Å². The maximum absolute atomic E-state index is 13.2. The lowest BCUT2D eigenvalue weighted by Crippen LogP contribution is -2.52. The molecule has 0 spiro atoms. The van der Waals surface area contributed by atoms with E-state index in [2.05, 4.69) is 10.4 Å². The SMILES string of the molecule is CC(=O)N1c2ccc(-c3cnn(CCS(C)(=O)=O)c3)cc2N(C(=O)OC2CCCNC2)C[C@@H]1C. The standard InChI is InChI=1S/C23H31N5O5S/c1-16-14-27(23(30)33-20-5-4-8-24-13-20)22-11-18(6-7-21(22)28(16)17(2)29)19-12-25-26(15-19)9-10-34(3,31)32/h6-7,11-12,15-16,20,24H,4-5,8-10,13-14H2,1-3H3/t16-,20?/m0/s1. The molecule has 0 bridgehead atoms. The van der Waals surface area contributed by atoms with Crippen LogP contribution in [-0.4, -0.2) is 74.0 Å². The highest BCUT2D eigenvalue weighted by atomic mass is 32.2. The molecular formula is C23H31N5O5S. The molecule has 0 aliphatic carbocycles. The fourth-order valence-electron chi connectivity index (χ4n) is 4.48. The van der Waals surface area contributed by atoms with Gasteiger partial charge in [-0.25, -0.2) is 13.2 Å². The number of ether oxygens (including phenoxy) is 1. The molecule has 1 aromatic carbocycles. The molecule has 2 aliphatic heterocycles. The summed E-state index contributed by atoms with van der Waals surface area (Å²) >= 11 is 0. The van der Waals surface area contributed by atoms with Crippen LogP contribution in [0.3, 0.4) is 0 Å². The number of benzene rings is 1. The summed E-state index contributed by atoms with van der Waals surface area (Å²) in [6.45, 7) is 5.56. The van der Waals surface area contributed by atoms with Crippen molar-refractivity contribution in [1.29, 1.82) is 0 Å². The minimum absolute atomic E-state index is 0.000585. The average molecular weight is 490 g/mol. The first-order valence-corrected chi connectivity index (χ1v) is 13.5. The van der Waals surface area contributed by atoms with Crippen LogP contribution in [0.25, 0.3) is 11.1 Å². The highest BCUT2D eigenvalue weighted by molar-refractivity contribution is 7.90. The second-order valence-corrected chi connectivity index (χ2v) is 11.3. The Morgan fingerprint density at radius 3 is 2.71 bits per heavy atom. The fraction of sp³-hybridized carbons (Fsp3) is 0.522. The Balaban J connectivity index is 1.64. The van der Waals surface area contributed by atoms with E-state index in [-0.39, 0.29) is 30.4 Å². The Kier molecular flexibility index (Phi) is 6.94. The van der Waals surface area contributed by atoms with Crippen LogP contribution < -0.4 is 15.1 Å². The lowest BCUT2D eigenvalue weighted by atomic mass is 10.0. The molecule has 2 atom stereocenters. The first kappa shape index (κ1) is 24.2. The van der Waals surface area contributed by atoms with E-state index in [1.807, 2.05) is 25.1 Å². The van der Waals surface area contributed by atoms with Gasteiger partial charge in [-0.15, -0.1) is 0 Å². The number of hydrogen-bond acceptors (Lipinski definition) is 7. The number of carbonyl (C=O) groups is 2. The van der Waals surface area contributed by atoms with Gasteiger partial charge in [-0.05, 0) is 44.0 Å². The number of piperidine rings is 1. The third kappa shape index (κ3) is 5.41. The molecule has 4 rings (SSSR count). The zero-order valence-electron chi connectivity index (χ0n) is 19.7. The van der Waals surface area contributed by atoms with E-state index >= 15 is 0 Å². The Bertz CT molecular complexity index is 1170. The Labute approximate surface area is 199 Å². The highest BCUT2D eigenvalue weighted by Gasteiger charge is 2.35. The van der Waals surface area contributed by atoms with Crippen molar-refractivity contribution in [3.8, 4) is 11.1 Å². The molecule has 1 N–H and O–H groups in total. The summed E-state index contributed by atoms with van der Waals surface area (Å²) in [5.41, 5.74) is 2.84. The van der Waals surface area contributed by atoms with Crippen LogP contribution >= 0.6 is 0 Å². The molecule has 1 unspecified atom stereocenters. The first-order valence-electron chi connectivity index (χ1n) is 11.5. The van der Waals surface area contributed by atoms with E-state index in [1.165, 1.54) is 13.2 Å². The zero-order valence-corrected chi connectivity index (χ0v) is 20.5. The van der Waals surface area contributed by atoms with Crippen molar-refractivity contribution in [3.05, 3.63) is 30.6 Å². The number of anilines is 2. The number of nitrogens with one attached hydrogen (secondary N) is 1. The maximum Gasteiger partial charge on any atom is 0.414 e. The third-order valence-electron chi connectivity index (χ3n) is 6.15. The van der Waals surface area contributed by atoms with Gasteiger partial charge in [0.25, 0.3) is 0 Å². The van der Waals surface area contributed by atoms with Crippen molar-refractivity contribution >= 4 is 33.2 Å². The normalized spacial score (nSPS) is 20.7. The van der Waals surface area contributed by atoms with Crippen molar-refractivity contribution in [2.45, 2.75) is 45.4 Å². The zero-order chi connectivity index (χ0) is 24.5. The molecule has 1 fully saturated rings. The molecule has 34 heavy (non-hydrogen) atoms. The molecule has 0 saturated carbocycles. The predicted octanol–water partition coefficient (Wildman–Crippen LogP) is 2.04. The van der Waals surface area contributed by atoms with Crippen LogP contribution in [0.2, 0.25) is 0 Å². The molecule has 2 aliphatic rings. The third-order valence-corrected chi connectivity index (χ3v) is 7.07. The van der Waals surface area contributed by atoms with Crippen LogP contribution in [0, 0.1) is 0 Å². The number of aryl methyl sites for hydroxylation is 1. The van der Waals surface area contributed by atoms with Crippen molar-refractivity contribution < 1.29 is 22.7 Å². The molecule has 0 radical (unpaired) electrons. The monoisotopic (exact) mass is 489 g/mol. The first-order chi connectivity index (χ1) is 16.1. The molecule has 11 heteroatoms. The number of nitrogens with zero attached hydrogens (tertiary/aromatic N) is 4. The summed E-state index contributed by atoms with van der Waals surface area (Å²) in [7, 11) is -3.10. The van der Waals surface area contributed by atoms with E-state index in [1.54, 1.807) is 26.9 Å². The van der Waals surface area contributed by atoms with Crippen molar-refractivity contribution in [2.24, 2.45) is 0 Å². The van der Waals surface area contributed by atoms with Crippen LogP contribution in [0.15, 0.2) is 30.6 Å². The quantitative estimate of drug-likeness (QED) is 0.684. The number of hydrogen-bond donors (Lipinski definition) is 1. The van der Waals surface area contributed by atoms with Gasteiger partial charge in [0.15, 0.2) is 0 Å². The van der Waals surface area contributed by atoms with Crippen molar-refractivity contribution in [2.75, 3.05) is 41.4 Å². The van der Waals surface area contributed by atoms with Crippen LogP contribution in [0.4, 0.5) is 16.2 Å². The molecule has 2 amide bonds. The Morgan fingerprint density at radius 1 is 1.24 bits per heavy atom. The number of rotatable bonds is 5.